The number of nitrogens with zero attached hydrogens (tertiary/aromatic N) is 4. The molecule has 6 nitrogen and oxygen atoms in total. The molecule has 3 aromatic rings. The smallest absolute Gasteiger partial charge is 0.417 e. The fourth-order valence-corrected chi connectivity index (χ4v) is 5.09. The largest absolute Gasteiger partial charge is 0.472 e. The Morgan fingerprint density at radius 2 is 1.91 bits per heavy atom. The zero-order valence-electron chi connectivity index (χ0n) is 19.0. The highest BCUT2D eigenvalue weighted by molar-refractivity contribution is 5.99. The first kappa shape index (κ1) is 23.2. The number of carbonyl (C=O) groups excluding carboxylic acids is 1. The maximum atomic E-state index is 14.5. The van der Waals surface area contributed by atoms with Crippen molar-refractivity contribution in [2.75, 3.05) is 0 Å². The summed E-state index contributed by atoms with van der Waals surface area (Å²) in [5.74, 6) is -0.692. The van der Waals surface area contributed by atoms with Crippen molar-refractivity contribution in [1.82, 2.24) is 19.9 Å². The lowest BCUT2D eigenvalue weighted by molar-refractivity contribution is -0.137. The van der Waals surface area contributed by atoms with Crippen LogP contribution in [-0.2, 0) is 6.18 Å². The molecule has 0 radical (unpaired) electrons. The molecule has 1 aliphatic carbocycles. The van der Waals surface area contributed by atoms with Crippen molar-refractivity contribution in [3.05, 3.63) is 71.6 Å². The minimum atomic E-state index is -4.48. The van der Waals surface area contributed by atoms with E-state index in [9.17, 15) is 22.4 Å². The Morgan fingerprint density at radius 1 is 1.11 bits per heavy atom. The third kappa shape index (κ3) is 4.21. The molecule has 0 N–H and O–H groups in total. The number of hydrogen-bond donors (Lipinski definition) is 0. The molecule has 3 aromatic heterocycles. The summed E-state index contributed by atoms with van der Waals surface area (Å²) < 4.78 is 59.0. The maximum Gasteiger partial charge on any atom is 0.417 e. The summed E-state index contributed by atoms with van der Waals surface area (Å²) in [6.45, 7) is 3.75. The maximum absolute atomic E-state index is 14.5. The molecule has 35 heavy (non-hydrogen) atoms. The highest BCUT2D eigenvalue weighted by Gasteiger charge is 2.53. The van der Waals surface area contributed by atoms with Crippen LogP contribution in [0, 0.1) is 18.7 Å². The van der Waals surface area contributed by atoms with E-state index >= 15 is 0 Å². The van der Waals surface area contributed by atoms with E-state index in [-0.39, 0.29) is 41.2 Å². The molecule has 4 atom stereocenters. The predicted octanol–water partition coefficient (Wildman–Crippen LogP) is 5.08. The van der Waals surface area contributed by atoms with E-state index in [1.807, 2.05) is 6.92 Å². The van der Waals surface area contributed by atoms with Crippen molar-refractivity contribution in [1.29, 1.82) is 0 Å². The second kappa shape index (κ2) is 8.58. The van der Waals surface area contributed by atoms with Gasteiger partial charge in [-0.3, -0.25) is 14.8 Å². The standard InChI is InChI=1S/C25H22F4N4O2/c1-13-8-17(22-18(26)4-3-7-30-22)23(32-11-13)24(34)33-14(2)15-9-19(33)20(10-15)35-21-6-5-16(12-31-21)25(27,28)29/h3-8,11-12,14-15,19-20H,9-10H2,1-2H3/t14-,15-,19?,20-/m1/s1. The van der Waals surface area contributed by atoms with Crippen LogP contribution in [0.15, 0.2) is 48.9 Å². The zero-order valence-corrected chi connectivity index (χ0v) is 19.0. The molecule has 1 saturated carbocycles. The van der Waals surface area contributed by atoms with E-state index in [4.69, 9.17) is 4.74 Å². The number of hydrogen-bond acceptors (Lipinski definition) is 5. The monoisotopic (exact) mass is 486 g/mol. The molecule has 0 aromatic carbocycles. The molecule has 1 saturated heterocycles. The number of rotatable bonds is 4. The summed E-state index contributed by atoms with van der Waals surface area (Å²) in [5.41, 5.74) is 0.352. The molecule has 2 fully saturated rings. The van der Waals surface area contributed by atoms with E-state index in [1.54, 1.807) is 24.1 Å². The van der Waals surface area contributed by atoms with Gasteiger partial charge in [0.05, 0.1) is 11.6 Å². The molecule has 10 heteroatoms. The fraction of sp³-hybridized carbons (Fsp3) is 0.360. The minimum absolute atomic E-state index is 0.0470. The lowest BCUT2D eigenvalue weighted by atomic mass is 9.98. The van der Waals surface area contributed by atoms with Gasteiger partial charge >= 0.3 is 6.18 Å². The number of piperidine rings is 1. The SMILES string of the molecule is Cc1cnc(C(=O)N2C3C[C@H](C[C@H]3Oc3ccc(C(F)(F)F)cn3)[C@H]2C)c(-c2ncccc2F)c1. The summed E-state index contributed by atoms with van der Waals surface area (Å²) in [5, 5.41) is 0. The van der Waals surface area contributed by atoms with Crippen molar-refractivity contribution < 1.29 is 27.1 Å². The highest BCUT2D eigenvalue weighted by atomic mass is 19.4. The molecule has 4 heterocycles. The van der Waals surface area contributed by atoms with Gasteiger partial charge in [-0.15, -0.1) is 0 Å². The van der Waals surface area contributed by atoms with Crippen LogP contribution in [0.25, 0.3) is 11.3 Å². The summed E-state index contributed by atoms with van der Waals surface area (Å²) in [6.07, 6.45) is 0.177. The Kier molecular flexibility index (Phi) is 5.69. The molecule has 182 valence electrons. The Morgan fingerprint density at radius 3 is 2.57 bits per heavy atom. The van der Waals surface area contributed by atoms with Gasteiger partial charge in [0.1, 0.15) is 23.3 Å². The van der Waals surface area contributed by atoms with E-state index in [0.29, 0.717) is 18.4 Å². The van der Waals surface area contributed by atoms with Gasteiger partial charge < -0.3 is 9.64 Å². The summed E-state index contributed by atoms with van der Waals surface area (Å²) in [6, 6.07) is 6.14. The first-order chi connectivity index (χ1) is 16.6. The number of aryl methyl sites for hydroxylation is 1. The second-order valence-electron chi connectivity index (χ2n) is 9.03. The molecule has 0 spiro atoms. The molecule has 2 bridgehead atoms. The number of carbonyl (C=O) groups is 1. The number of alkyl halides is 3. The predicted molar refractivity (Wildman–Crippen MR) is 118 cm³/mol. The van der Waals surface area contributed by atoms with Crippen LogP contribution < -0.4 is 4.74 Å². The minimum Gasteiger partial charge on any atom is -0.472 e. The van der Waals surface area contributed by atoms with Gasteiger partial charge in [0.2, 0.25) is 5.88 Å². The highest BCUT2D eigenvalue weighted by Crippen LogP contribution is 2.45. The number of ether oxygens (including phenoxy) is 1. The number of aromatic nitrogens is 3. The van der Waals surface area contributed by atoms with Crippen molar-refractivity contribution in [3.63, 3.8) is 0 Å². The first-order valence-electron chi connectivity index (χ1n) is 11.2. The van der Waals surface area contributed by atoms with Crippen LogP contribution in [0.3, 0.4) is 0 Å². The normalized spacial score (nSPS) is 23.5. The average molecular weight is 486 g/mol. The van der Waals surface area contributed by atoms with Crippen molar-refractivity contribution in [3.8, 4) is 17.1 Å². The van der Waals surface area contributed by atoms with Gasteiger partial charge in [0.15, 0.2) is 0 Å². The van der Waals surface area contributed by atoms with Crippen molar-refractivity contribution >= 4 is 5.91 Å². The van der Waals surface area contributed by atoms with Gasteiger partial charge in [-0.1, -0.05) is 0 Å². The molecular formula is C25H22F4N4O2. The van der Waals surface area contributed by atoms with Crippen LogP contribution in [0.4, 0.5) is 17.6 Å². The van der Waals surface area contributed by atoms with Gasteiger partial charge in [-0.05, 0) is 62.4 Å². The molecule has 1 amide bonds. The van der Waals surface area contributed by atoms with Gasteiger partial charge in [-0.2, -0.15) is 13.2 Å². The van der Waals surface area contributed by atoms with Crippen LogP contribution in [0.2, 0.25) is 0 Å². The Bertz CT molecular complexity index is 1270. The van der Waals surface area contributed by atoms with Crippen LogP contribution in [0.5, 0.6) is 5.88 Å². The average Bonchev–Trinajstić information content (AvgIpc) is 3.36. The first-order valence-corrected chi connectivity index (χ1v) is 11.2. The summed E-state index contributed by atoms with van der Waals surface area (Å²) >= 11 is 0. The third-order valence-corrected chi connectivity index (χ3v) is 6.80. The van der Waals surface area contributed by atoms with Crippen LogP contribution in [-0.4, -0.2) is 43.9 Å². The Balaban J connectivity index is 1.42. The van der Waals surface area contributed by atoms with E-state index in [1.165, 1.54) is 24.4 Å². The molecule has 5 rings (SSSR count). The van der Waals surface area contributed by atoms with Gasteiger partial charge in [-0.25, -0.2) is 9.37 Å². The quantitative estimate of drug-likeness (QED) is 0.482. The van der Waals surface area contributed by atoms with E-state index in [0.717, 1.165) is 17.8 Å². The Hall–Kier alpha value is -3.56. The molecular weight excluding hydrogens is 464 g/mol. The number of amides is 1. The Labute approximate surface area is 199 Å². The van der Waals surface area contributed by atoms with Crippen molar-refractivity contribution in [2.24, 2.45) is 5.92 Å². The third-order valence-electron chi connectivity index (χ3n) is 6.80. The van der Waals surface area contributed by atoms with Crippen LogP contribution >= 0.6 is 0 Å². The molecule has 2 aliphatic rings. The van der Waals surface area contributed by atoms with Gasteiger partial charge in [0.25, 0.3) is 5.91 Å². The summed E-state index contributed by atoms with van der Waals surface area (Å²) in [4.78, 5) is 27.7. The van der Waals surface area contributed by atoms with E-state index in [2.05, 4.69) is 15.0 Å². The number of halogens is 4. The summed E-state index contributed by atoms with van der Waals surface area (Å²) in [7, 11) is 0. The van der Waals surface area contributed by atoms with Gasteiger partial charge in [0, 0.05) is 36.3 Å². The van der Waals surface area contributed by atoms with Crippen molar-refractivity contribution in [2.45, 2.75) is 51.1 Å². The number of likely N-dealkylation sites (tertiary alicyclic amines) is 1. The van der Waals surface area contributed by atoms with E-state index < -0.39 is 23.7 Å². The lowest BCUT2D eigenvalue weighted by Crippen LogP contribution is -2.51. The number of pyridine rings is 3. The second-order valence-corrected chi connectivity index (χ2v) is 9.03. The molecule has 1 aliphatic heterocycles. The zero-order chi connectivity index (χ0) is 24.9. The lowest BCUT2D eigenvalue weighted by Gasteiger charge is -2.37. The molecule has 1 unspecified atom stereocenters. The topological polar surface area (TPSA) is 68.2 Å². The number of fused-ring (bicyclic) bond motifs is 2. The fourth-order valence-electron chi connectivity index (χ4n) is 5.09. The van der Waals surface area contributed by atoms with Crippen LogP contribution in [0.1, 0.15) is 41.4 Å².